The molecule has 2 aromatic rings. The van der Waals surface area contributed by atoms with Crippen molar-refractivity contribution in [2.24, 2.45) is 0 Å². The first-order valence-electron chi connectivity index (χ1n) is 7.95. The van der Waals surface area contributed by atoms with E-state index in [1.807, 2.05) is 30.6 Å². The summed E-state index contributed by atoms with van der Waals surface area (Å²) in [4.78, 5) is 13.6. The summed E-state index contributed by atoms with van der Waals surface area (Å²) in [5.74, 6) is 2.39. The Bertz CT molecular complexity index is 681. The lowest BCUT2D eigenvalue weighted by molar-refractivity contribution is 0.171. The standard InChI is InChI=1S/C17H20N4O2/c1-20-4-6-21(7-5-20)17-18-11-14(12-19-17)13-2-3-15-16(10-13)23-9-8-22-15/h2-3,10-12H,4-9H2,1H3. The largest absolute Gasteiger partial charge is 0.486 e. The zero-order valence-corrected chi connectivity index (χ0v) is 13.2. The van der Waals surface area contributed by atoms with Crippen LogP contribution in [0.25, 0.3) is 11.1 Å². The molecule has 0 N–H and O–H groups in total. The van der Waals surface area contributed by atoms with Crippen LogP contribution in [-0.4, -0.2) is 61.3 Å². The Morgan fingerprint density at radius 1 is 0.870 bits per heavy atom. The first-order chi connectivity index (χ1) is 11.3. The lowest BCUT2D eigenvalue weighted by Crippen LogP contribution is -2.45. The van der Waals surface area contributed by atoms with Crippen LogP contribution in [-0.2, 0) is 0 Å². The molecule has 120 valence electrons. The normalized spacial score (nSPS) is 18.0. The summed E-state index contributed by atoms with van der Waals surface area (Å²) in [6.45, 7) is 5.24. The quantitative estimate of drug-likeness (QED) is 0.841. The van der Waals surface area contributed by atoms with Gasteiger partial charge >= 0.3 is 0 Å². The molecule has 0 saturated carbocycles. The number of likely N-dealkylation sites (N-methyl/N-ethyl adjacent to an activating group) is 1. The smallest absolute Gasteiger partial charge is 0.225 e. The Morgan fingerprint density at radius 3 is 2.30 bits per heavy atom. The van der Waals surface area contributed by atoms with E-state index in [2.05, 4.69) is 26.8 Å². The fourth-order valence-corrected chi connectivity index (χ4v) is 2.86. The van der Waals surface area contributed by atoms with Crippen LogP contribution >= 0.6 is 0 Å². The van der Waals surface area contributed by atoms with Crippen molar-refractivity contribution in [2.75, 3.05) is 51.3 Å². The predicted octanol–water partition coefficient (Wildman–Crippen LogP) is 1.67. The average Bonchev–Trinajstić information content (AvgIpc) is 2.62. The Balaban J connectivity index is 1.54. The van der Waals surface area contributed by atoms with Crippen LogP contribution in [0.2, 0.25) is 0 Å². The van der Waals surface area contributed by atoms with Crippen LogP contribution < -0.4 is 14.4 Å². The van der Waals surface area contributed by atoms with Crippen molar-refractivity contribution in [3.8, 4) is 22.6 Å². The van der Waals surface area contributed by atoms with E-state index in [0.29, 0.717) is 13.2 Å². The molecule has 0 unspecified atom stereocenters. The third-order valence-electron chi connectivity index (χ3n) is 4.30. The van der Waals surface area contributed by atoms with Crippen molar-refractivity contribution in [1.29, 1.82) is 0 Å². The molecule has 0 atom stereocenters. The first-order valence-corrected chi connectivity index (χ1v) is 7.95. The molecule has 23 heavy (non-hydrogen) atoms. The minimum Gasteiger partial charge on any atom is -0.486 e. The Hall–Kier alpha value is -2.34. The summed E-state index contributed by atoms with van der Waals surface area (Å²) >= 11 is 0. The van der Waals surface area contributed by atoms with Crippen LogP contribution in [0.15, 0.2) is 30.6 Å². The molecule has 0 radical (unpaired) electrons. The van der Waals surface area contributed by atoms with Gasteiger partial charge in [0.1, 0.15) is 13.2 Å². The van der Waals surface area contributed by atoms with Gasteiger partial charge in [-0.1, -0.05) is 6.07 Å². The number of benzene rings is 1. The molecule has 1 fully saturated rings. The predicted molar refractivity (Wildman–Crippen MR) is 88.2 cm³/mol. The molecule has 2 aliphatic heterocycles. The highest BCUT2D eigenvalue weighted by atomic mass is 16.6. The van der Waals surface area contributed by atoms with E-state index >= 15 is 0 Å². The van der Waals surface area contributed by atoms with Crippen LogP contribution in [0.4, 0.5) is 5.95 Å². The Labute approximate surface area is 135 Å². The molecular formula is C17H20N4O2. The average molecular weight is 312 g/mol. The highest BCUT2D eigenvalue weighted by molar-refractivity contribution is 5.66. The summed E-state index contributed by atoms with van der Waals surface area (Å²) in [7, 11) is 2.14. The van der Waals surface area contributed by atoms with Crippen molar-refractivity contribution in [1.82, 2.24) is 14.9 Å². The molecule has 0 bridgehead atoms. The van der Waals surface area contributed by atoms with Gasteiger partial charge in [0.25, 0.3) is 0 Å². The molecule has 1 saturated heterocycles. The molecule has 6 heteroatoms. The van der Waals surface area contributed by atoms with Gasteiger partial charge < -0.3 is 19.3 Å². The topological polar surface area (TPSA) is 50.7 Å². The fourth-order valence-electron chi connectivity index (χ4n) is 2.86. The summed E-state index contributed by atoms with van der Waals surface area (Å²) < 4.78 is 11.2. The zero-order chi connectivity index (χ0) is 15.6. The lowest BCUT2D eigenvalue weighted by Gasteiger charge is -2.32. The summed E-state index contributed by atoms with van der Waals surface area (Å²) in [5, 5.41) is 0. The molecule has 6 nitrogen and oxygen atoms in total. The van der Waals surface area contributed by atoms with Crippen LogP contribution in [0.5, 0.6) is 11.5 Å². The van der Waals surface area contributed by atoms with Crippen molar-refractivity contribution in [2.45, 2.75) is 0 Å². The number of ether oxygens (including phenoxy) is 2. The number of hydrogen-bond acceptors (Lipinski definition) is 6. The van der Waals surface area contributed by atoms with E-state index in [-0.39, 0.29) is 0 Å². The molecule has 4 rings (SSSR count). The van der Waals surface area contributed by atoms with Gasteiger partial charge in [-0.15, -0.1) is 0 Å². The number of piperazine rings is 1. The van der Waals surface area contributed by atoms with E-state index in [0.717, 1.165) is 54.8 Å². The third kappa shape index (κ3) is 2.94. The highest BCUT2D eigenvalue weighted by Gasteiger charge is 2.17. The molecular weight excluding hydrogens is 292 g/mol. The van der Waals surface area contributed by atoms with Gasteiger partial charge in [-0.05, 0) is 24.7 Å². The fraction of sp³-hybridized carbons (Fsp3) is 0.412. The Kier molecular flexibility index (Phi) is 3.75. The van der Waals surface area contributed by atoms with Crippen molar-refractivity contribution in [3.05, 3.63) is 30.6 Å². The number of aromatic nitrogens is 2. The zero-order valence-electron chi connectivity index (χ0n) is 13.2. The highest BCUT2D eigenvalue weighted by Crippen LogP contribution is 2.34. The van der Waals surface area contributed by atoms with Crippen LogP contribution in [0.1, 0.15) is 0 Å². The molecule has 3 heterocycles. The molecule has 0 aliphatic carbocycles. The number of hydrogen-bond donors (Lipinski definition) is 0. The lowest BCUT2D eigenvalue weighted by atomic mass is 10.1. The molecule has 1 aromatic heterocycles. The Morgan fingerprint density at radius 2 is 1.57 bits per heavy atom. The number of anilines is 1. The third-order valence-corrected chi connectivity index (χ3v) is 4.30. The van der Waals surface area contributed by atoms with Gasteiger partial charge in [0, 0.05) is 44.1 Å². The molecule has 0 amide bonds. The van der Waals surface area contributed by atoms with E-state index in [1.54, 1.807) is 0 Å². The van der Waals surface area contributed by atoms with Crippen LogP contribution in [0, 0.1) is 0 Å². The SMILES string of the molecule is CN1CCN(c2ncc(-c3ccc4c(c3)OCCO4)cn2)CC1. The number of nitrogens with zero attached hydrogens (tertiary/aromatic N) is 4. The van der Waals surface area contributed by atoms with E-state index in [9.17, 15) is 0 Å². The van der Waals surface area contributed by atoms with Gasteiger partial charge in [0.2, 0.25) is 5.95 Å². The number of fused-ring (bicyclic) bond motifs is 1. The number of rotatable bonds is 2. The summed E-state index contributed by atoms with van der Waals surface area (Å²) in [6, 6.07) is 5.95. The molecule has 0 spiro atoms. The van der Waals surface area contributed by atoms with Gasteiger partial charge in [-0.3, -0.25) is 0 Å². The van der Waals surface area contributed by atoms with E-state index < -0.39 is 0 Å². The van der Waals surface area contributed by atoms with Gasteiger partial charge in [0.15, 0.2) is 11.5 Å². The minimum atomic E-state index is 0.593. The van der Waals surface area contributed by atoms with Gasteiger partial charge in [0.05, 0.1) is 0 Å². The van der Waals surface area contributed by atoms with Gasteiger partial charge in [-0.2, -0.15) is 0 Å². The second-order valence-corrected chi connectivity index (χ2v) is 5.92. The van der Waals surface area contributed by atoms with E-state index in [1.165, 1.54) is 0 Å². The van der Waals surface area contributed by atoms with Gasteiger partial charge in [-0.25, -0.2) is 9.97 Å². The maximum absolute atomic E-state index is 5.64. The molecule has 1 aromatic carbocycles. The van der Waals surface area contributed by atoms with Crippen molar-refractivity contribution in [3.63, 3.8) is 0 Å². The van der Waals surface area contributed by atoms with Crippen molar-refractivity contribution < 1.29 is 9.47 Å². The molecule has 2 aliphatic rings. The maximum atomic E-state index is 5.64. The monoisotopic (exact) mass is 312 g/mol. The van der Waals surface area contributed by atoms with E-state index in [4.69, 9.17) is 9.47 Å². The second-order valence-electron chi connectivity index (χ2n) is 5.92. The van der Waals surface area contributed by atoms with Crippen LogP contribution in [0.3, 0.4) is 0 Å². The summed E-state index contributed by atoms with van der Waals surface area (Å²) in [6.07, 6.45) is 3.76. The van der Waals surface area contributed by atoms with Crippen molar-refractivity contribution >= 4 is 5.95 Å². The first kappa shape index (κ1) is 14.3. The summed E-state index contributed by atoms with van der Waals surface area (Å²) in [5.41, 5.74) is 2.03. The second kappa shape index (κ2) is 6.04. The maximum Gasteiger partial charge on any atom is 0.225 e. The minimum absolute atomic E-state index is 0.593.